The van der Waals surface area contributed by atoms with E-state index in [0.717, 1.165) is 13.2 Å². The Balaban J connectivity index is 0.000000659. The average molecular weight is 254 g/mol. The molecule has 7 heteroatoms. The molecule has 0 aromatic heterocycles. The lowest BCUT2D eigenvalue weighted by molar-refractivity contribution is -0.384. The maximum atomic E-state index is 11.1. The van der Waals surface area contributed by atoms with Gasteiger partial charge in [-0.2, -0.15) is 0 Å². The fourth-order valence-electron chi connectivity index (χ4n) is 1.27. The summed E-state index contributed by atoms with van der Waals surface area (Å²) in [4.78, 5) is 31.9. The second kappa shape index (κ2) is 7.13. The number of carbonyl (C=O) groups excluding carboxylic acids is 2. The van der Waals surface area contributed by atoms with Gasteiger partial charge < -0.3 is 5.11 Å². The first kappa shape index (κ1) is 15.7. The molecule has 18 heavy (non-hydrogen) atoms. The van der Waals surface area contributed by atoms with Gasteiger partial charge in [0.15, 0.2) is 0 Å². The van der Waals surface area contributed by atoms with Gasteiger partial charge >= 0.3 is 0 Å². The standard InChI is InChI=1S/C8H4N2O4.C2H6.CH4O/c11-7-5-2-1-4(10(13)14)3-6(5)8(12)9-7;2*1-2/h1-3H,(H,9,11,12);1-2H3;2H,1H3. The summed E-state index contributed by atoms with van der Waals surface area (Å²) in [6, 6.07) is 3.56. The second-order valence-corrected chi connectivity index (χ2v) is 2.77. The number of carbonyl (C=O) groups is 2. The van der Waals surface area contributed by atoms with Crippen LogP contribution in [0.25, 0.3) is 0 Å². The predicted octanol–water partition coefficient (Wildman–Crippen LogP) is 1.11. The van der Waals surface area contributed by atoms with Crippen LogP contribution in [0, 0.1) is 10.1 Å². The number of fused-ring (bicyclic) bond motifs is 1. The zero-order valence-corrected chi connectivity index (χ0v) is 10.3. The van der Waals surface area contributed by atoms with Crippen LogP contribution in [0.1, 0.15) is 34.6 Å². The van der Waals surface area contributed by atoms with Gasteiger partial charge in [0.05, 0.1) is 16.1 Å². The molecule has 0 unspecified atom stereocenters. The molecule has 0 saturated carbocycles. The van der Waals surface area contributed by atoms with Gasteiger partial charge in [-0.25, -0.2) is 0 Å². The SMILES string of the molecule is CC.CO.O=C1NC(=O)c2cc([N+](=O)[O-])ccc21. The van der Waals surface area contributed by atoms with Crippen LogP contribution in [0.4, 0.5) is 5.69 Å². The molecule has 98 valence electrons. The Kier molecular flexibility index (Phi) is 6.22. The van der Waals surface area contributed by atoms with Gasteiger partial charge in [-0.3, -0.25) is 25.0 Å². The third kappa shape index (κ3) is 3.11. The maximum absolute atomic E-state index is 11.1. The smallest absolute Gasteiger partial charge is 0.270 e. The number of nitrogens with one attached hydrogen (secondary N) is 1. The zero-order chi connectivity index (χ0) is 14.3. The molecule has 7 nitrogen and oxygen atoms in total. The van der Waals surface area contributed by atoms with Gasteiger partial charge in [0.2, 0.25) is 0 Å². The predicted molar refractivity (Wildman–Crippen MR) is 64.4 cm³/mol. The summed E-state index contributed by atoms with van der Waals surface area (Å²) in [5, 5.41) is 19.4. The summed E-state index contributed by atoms with van der Waals surface area (Å²) >= 11 is 0. The summed E-state index contributed by atoms with van der Waals surface area (Å²) in [6.07, 6.45) is 0. The van der Waals surface area contributed by atoms with Crippen molar-refractivity contribution < 1.29 is 19.6 Å². The number of aliphatic hydroxyl groups is 1. The molecule has 0 aliphatic carbocycles. The summed E-state index contributed by atoms with van der Waals surface area (Å²) in [7, 11) is 1.00. The first-order valence-corrected chi connectivity index (χ1v) is 5.18. The topological polar surface area (TPSA) is 110 Å². The van der Waals surface area contributed by atoms with Crippen molar-refractivity contribution in [3.05, 3.63) is 39.4 Å². The number of hydrogen-bond acceptors (Lipinski definition) is 5. The lowest BCUT2D eigenvalue weighted by atomic mass is 10.1. The van der Waals surface area contributed by atoms with Crippen LogP contribution in [-0.2, 0) is 0 Å². The molecule has 1 aliphatic rings. The lowest BCUT2D eigenvalue weighted by Gasteiger charge is -1.93. The highest BCUT2D eigenvalue weighted by atomic mass is 16.6. The molecule has 2 amide bonds. The van der Waals surface area contributed by atoms with E-state index in [4.69, 9.17) is 5.11 Å². The molecule has 1 aromatic carbocycles. The molecule has 1 aromatic rings. The fourth-order valence-corrected chi connectivity index (χ4v) is 1.27. The van der Waals surface area contributed by atoms with Crippen molar-refractivity contribution in [2.75, 3.05) is 7.11 Å². The number of benzene rings is 1. The highest BCUT2D eigenvalue weighted by Gasteiger charge is 2.28. The fraction of sp³-hybridized carbons (Fsp3) is 0.273. The van der Waals surface area contributed by atoms with Gasteiger partial charge in [0.1, 0.15) is 0 Å². The Morgan fingerprint density at radius 1 is 1.11 bits per heavy atom. The Morgan fingerprint density at radius 2 is 1.61 bits per heavy atom. The molecule has 0 saturated heterocycles. The van der Waals surface area contributed by atoms with E-state index in [1.807, 2.05) is 19.2 Å². The third-order valence-corrected chi connectivity index (χ3v) is 1.93. The van der Waals surface area contributed by atoms with Crippen LogP contribution in [-0.4, -0.2) is 29.0 Å². The lowest BCUT2D eigenvalue weighted by Crippen LogP contribution is -2.19. The first-order chi connectivity index (χ1) is 8.59. The van der Waals surface area contributed by atoms with Gasteiger partial charge in [0.25, 0.3) is 17.5 Å². The Hall–Kier alpha value is -2.28. The number of nitrogens with zero attached hydrogens (tertiary/aromatic N) is 1. The molecule has 1 aliphatic heterocycles. The molecular weight excluding hydrogens is 240 g/mol. The van der Waals surface area contributed by atoms with E-state index in [0.29, 0.717) is 0 Å². The number of non-ortho nitro benzene ring substituents is 1. The number of amides is 2. The van der Waals surface area contributed by atoms with Gasteiger partial charge in [-0.1, -0.05) is 13.8 Å². The molecule has 0 spiro atoms. The van der Waals surface area contributed by atoms with Gasteiger partial charge in [-0.05, 0) is 6.07 Å². The van der Waals surface area contributed by atoms with E-state index in [1.165, 1.54) is 12.1 Å². The van der Waals surface area contributed by atoms with Crippen molar-refractivity contribution in [1.82, 2.24) is 5.32 Å². The van der Waals surface area contributed by atoms with Crippen LogP contribution in [0.2, 0.25) is 0 Å². The van der Waals surface area contributed by atoms with E-state index >= 15 is 0 Å². The van der Waals surface area contributed by atoms with Crippen LogP contribution in [0.5, 0.6) is 0 Å². The molecule has 0 atom stereocenters. The van der Waals surface area contributed by atoms with E-state index in [2.05, 4.69) is 0 Å². The molecule has 0 radical (unpaired) electrons. The summed E-state index contributed by atoms with van der Waals surface area (Å²) in [5.41, 5.74) is 0.0402. The Bertz CT molecular complexity index is 471. The van der Waals surface area contributed by atoms with Gasteiger partial charge in [0, 0.05) is 19.2 Å². The monoisotopic (exact) mass is 254 g/mol. The highest BCUT2D eigenvalue weighted by Crippen LogP contribution is 2.21. The van der Waals surface area contributed by atoms with Crippen molar-refractivity contribution in [3.63, 3.8) is 0 Å². The first-order valence-electron chi connectivity index (χ1n) is 5.18. The quantitative estimate of drug-likeness (QED) is 0.443. The number of rotatable bonds is 1. The summed E-state index contributed by atoms with van der Waals surface area (Å²) < 4.78 is 0. The number of nitro benzene ring substituents is 1. The van der Waals surface area contributed by atoms with E-state index in [1.54, 1.807) is 0 Å². The van der Waals surface area contributed by atoms with Crippen molar-refractivity contribution in [1.29, 1.82) is 0 Å². The normalized spacial score (nSPS) is 11.3. The van der Waals surface area contributed by atoms with E-state index in [-0.39, 0.29) is 16.8 Å². The van der Waals surface area contributed by atoms with Crippen LogP contribution < -0.4 is 5.32 Å². The summed E-state index contributed by atoms with van der Waals surface area (Å²) in [6.45, 7) is 4.00. The highest BCUT2D eigenvalue weighted by molar-refractivity contribution is 6.21. The number of aliphatic hydroxyl groups excluding tert-OH is 1. The van der Waals surface area contributed by atoms with Crippen LogP contribution >= 0.6 is 0 Å². The maximum Gasteiger partial charge on any atom is 0.270 e. The van der Waals surface area contributed by atoms with E-state index < -0.39 is 16.7 Å². The van der Waals surface area contributed by atoms with Crippen molar-refractivity contribution in [2.24, 2.45) is 0 Å². The third-order valence-electron chi connectivity index (χ3n) is 1.93. The second-order valence-electron chi connectivity index (χ2n) is 2.77. The van der Waals surface area contributed by atoms with Crippen molar-refractivity contribution >= 4 is 17.5 Å². The molecule has 2 N–H and O–H groups in total. The molecule has 2 rings (SSSR count). The number of hydrogen-bond donors (Lipinski definition) is 2. The van der Waals surface area contributed by atoms with Crippen LogP contribution in [0.3, 0.4) is 0 Å². The van der Waals surface area contributed by atoms with Gasteiger partial charge in [-0.15, -0.1) is 0 Å². The number of nitro groups is 1. The van der Waals surface area contributed by atoms with E-state index in [9.17, 15) is 19.7 Å². The van der Waals surface area contributed by atoms with Crippen molar-refractivity contribution in [3.8, 4) is 0 Å². The Morgan fingerprint density at radius 3 is 2.11 bits per heavy atom. The molecule has 0 fully saturated rings. The average Bonchev–Trinajstić information content (AvgIpc) is 2.69. The molecule has 1 heterocycles. The number of imide groups is 1. The molecular formula is C11H14N2O5. The summed E-state index contributed by atoms with van der Waals surface area (Å²) in [5.74, 6) is -1.10. The largest absolute Gasteiger partial charge is 0.400 e. The minimum absolute atomic E-state index is 0.0594. The molecule has 0 bridgehead atoms. The zero-order valence-electron chi connectivity index (χ0n) is 10.3. The van der Waals surface area contributed by atoms with Crippen molar-refractivity contribution in [2.45, 2.75) is 13.8 Å². The van der Waals surface area contributed by atoms with Crippen LogP contribution in [0.15, 0.2) is 18.2 Å². The minimum atomic E-state index is -0.615. The minimum Gasteiger partial charge on any atom is -0.400 e. The Labute approximate surface area is 104 Å².